The predicted molar refractivity (Wildman–Crippen MR) is 72.8 cm³/mol. The van der Waals surface area contributed by atoms with Gasteiger partial charge in [-0.05, 0) is 37.5 Å². The van der Waals surface area contributed by atoms with Crippen LogP contribution in [0, 0.1) is 13.8 Å². The van der Waals surface area contributed by atoms with Crippen LogP contribution in [0.2, 0.25) is 0 Å². The zero-order valence-electron chi connectivity index (χ0n) is 10.5. The molecule has 1 aromatic rings. The second-order valence-corrected chi connectivity index (χ2v) is 4.06. The summed E-state index contributed by atoms with van der Waals surface area (Å²) in [6.07, 6.45) is 6.00. The second kappa shape index (κ2) is 6.69. The van der Waals surface area contributed by atoms with Gasteiger partial charge in [0.05, 0.1) is 0 Å². The number of carbonyl (C=O) groups is 1. The zero-order chi connectivity index (χ0) is 12.7. The quantitative estimate of drug-likeness (QED) is 0.469. The number of carbonyl (C=O) groups excluding carboxylic acids is 1. The maximum atomic E-state index is 11.4. The molecule has 0 bridgehead atoms. The summed E-state index contributed by atoms with van der Waals surface area (Å²) in [7, 11) is 0. The first-order valence-corrected chi connectivity index (χ1v) is 5.77. The van der Waals surface area contributed by atoms with E-state index >= 15 is 0 Å². The molecule has 0 aliphatic carbocycles. The van der Waals surface area contributed by atoms with Gasteiger partial charge in [-0.25, -0.2) is 0 Å². The smallest absolute Gasteiger partial charge is 0.244 e. The Bertz CT molecular complexity index is 433. The van der Waals surface area contributed by atoms with E-state index < -0.39 is 0 Å². The molecule has 0 fully saturated rings. The van der Waals surface area contributed by atoms with Gasteiger partial charge in [0.1, 0.15) is 0 Å². The van der Waals surface area contributed by atoms with Gasteiger partial charge in [0.25, 0.3) is 0 Å². The summed E-state index contributed by atoms with van der Waals surface area (Å²) in [5.41, 5.74) is 3.49. The molecule has 1 N–H and O–H groups in total. The Hall–Kier alpha value is -1.83. The van der Waals surface area contributed by atoms with E-state index in [-0.39, 0.29) is 5.91 Å². The molecule has 0 atom stereocenters. The summed E-state index contributed by atoms with van der Waals surface area (Å²) in [5, 5.41) is 2.79. The molecule has 17 heavy (non-hydrogen) atoms. The van der Waals surface area contributed by atoms with Crippen molar-refractivity contribution in [2.75, 3.05) is 6.54 Å². The molecule has 1 amide bonds. The fourth-order valence-corrected chi connectivity index (χ4v) is 1.53. The van der Waals surface area contributed by atoms with Gasteiger partial charge >= 0.3 is 0 Å². The highest BCUT2D eigenvalue weighted by Gasteiger charge is 1.96. The lowest BCUT2D eigenvalue weighted by Crippen LogP contribution is -2.21. The summed E-state index contributed by atoms with van der Waals surface area (Å²) in [6, 6.07) is 6.18. The molecule has 0 spiro atoms. The number of hydrogen-bond acceptors (Lipinski definition) is 1. The average Bonchev–Trinajstić information content (AvgIpc) is 2.28. The van der Waals surface area contributed by atoms with Crippen LogP contribution in [0.4, 0.5) is 0 Å². The summed E-state index contributed by atoms with van der Waals surface area (Å²) in [5.74, 6) is -0.0631. The monoisotopic (exact) mass is 229 g/mol. The average molecular weight is 229 g/mol. The molecule has 0 radical (unpaired) electrons. The molecule has 90 valence electrons. The second-order valence-electron chi connectivity index (χ2n) is 4.06. The standard InChI is InChI=1S/C15H19NO/c1-4-5-10-16-15(17)9-8-14-7-6-12(2)11-13(14)3/h4,6-9,11H,1,5,10H2,2-3H3,(H,16,17)/b9-8+. The highest BCUT2D eigenvalue weighted by molar-refractivity contribution is 5.91. The van der Waals surface area contributed by atoms with Crippen LogP contribution in [0.3, 0.4) is 0 Å². The minimum absolute atomic E-state index is 0.0631. The van der Waals surface area contributed by atoms with Crippen LogP contribution in [0.1, 0.15) is 23.1 Å². The van der Waals surface area contributed by atoms with Crippen LogP contribution in [-0.4, -0.2) is 12.5 Å². The molecule has 0 saturated heterocycles. The highest BCUT2D eigenvalue weighted by atomic mass is 16.1. The predicted octanol–water partition coefficient (Wildman–Crippen LogP) is 3.01. The lowest BCUT2D eigenvalue weighted by Gasteiger charge is -2.02. The fourth-order valence-electron chi connectivity index (χ4n) is 1.53. The largest absolute Gasteiger partial charge is 0.352 e. The number of hydrogen-bond donors (Lipinski definition) is 1. The molecule has 0 aromatic heterocycles. The van der Waals surface area contributed by atoms with Gasteiger partial charge in [0.2, 0.25) is 5.91 Å². The van der Waals surface area contributed by atoms with Crippen LogP contribution in [0.25, 0.3) is 6.08 Å². The molecule has 0 heterocycles. The number of aryl methyl sites for hydroxylation is 2. The minimum atomic E-state index is -0.0631. The molecule has 0 aliphatic heterocycles. The Morgan fingerprint density at radius 2 is 2.18 bits per heavy atom. The Balaban J connectivity index is 2.57. The van der Waals surface area contributed by atoms with Crippen molar-refractivity contribution in [3.8, 4) is 0 Å². The fraction of sp³-hybridized carbons (Fsp3) is 0.267. The molecule has 0 unspecified atom stereocenters. The van der Waals surface area contributed by atoms with Crippen molar-refractivity contribution < 1.29 is 4.79 Å². The van der Waals surface area contributed by atoms with Gasteiger partial charge in [-0.3, -0.25) is 4.79 Å². The first kappa shape index (κ1) is 13.2. The van der Waals surface area contributed by atoms with E-state index in [2.05, 4.69) is 24.9 Å². The van der Waals surface area contributed by atoms with Crippen molar-refractivity contribution in [3.63, 3.8) is 0 Å². The van der Waals surface area contributed by atoms with E-state index in [0.29, 0.717) is 6.54 Å². The van der Waals surface area contributed by atoms with Crippen LogP contribution in [0.5, 0.6) is 0 Å². The van der Waals surface area contributed by atoms with Crippen LogP contribution in [0.15, 0.2) is 36.9 Å². The van der Waals surface area contributed by atoms with Gasteiger partial charge in [-0.2, -0.15) is 0 Å². The van der Waals surface area contributed by atoms with Crippen molar-refractivity contribution in [3.05, 3.63) is 53.6 Å². The topological polar surface area (TPSA) is 29.1 Å². The van der Waals surface area contributed by atoms with Gasteiger partial charge in [0, 0.05) is 12.6 Å². The normalized spacial score (nSPS) is 10.5. The lowest BCUT2D eigenvalue weighted by molar-refractivity contribution is -0.116. The third kappa shape index (κ3) is 4.68. The van der Waals surface area contributed by atoms with E-state index in [9.17, 15) is 4.79 Å². The number of nitrogens with one attached hydrogen (secondary N) is 1. The summed E-state index contributed by atoms with van der Waals surface area (Å²) < 4.78 is 0. The number of rotatable bonds is 5. The van der Waals surface area contributed by atoms with E-state index in [1.807, 2.05) is 25.1 Å². The molecule has 2 heteroatoms. The van der Waals surface area contributed by atoms with Crippen molar-refractivity contribution in [2.24, 2.45) is 0 Å². The van der Waals surface area contributed by atoms with Crippen LogP contribution >= 0.6 is 0 Å². The number of amides is 1. The Kier molecular flexibility index (Phi) is 5.21. The summed E-state index contributed by atoms with van der Waals surface area (Å²) >= 11 is 0. The SMILES string of the molecule is C=CCCNC(=O)/C=C/c1ccc(C)cc1C. The van der Waals surface area contributed by atoms with E-state index in [1.165, 1.54) is 11.1 Å². The first-order valence-electron chi connectivity index (χ1n) is 5.77. The Labute approximate surface area is 103 Å². The third-order valence-electron chi connectivity index (χ3n) is 2.49. The van der Waals surface area contributed by atoms with E-state index in [4.69, 9.17) is 0 Å². The van der Waals surface area contributed by atoms with E-state index in [0.717, 1.165) is 12.0 Å². The van der Waals surface area contributed by atoms with Crippen molar-refractivity contribution >= 4 is 12.0 Å². The van der Waals surface area contributed by atoms with Crippen LogP contribution < -0.4 is 5.32 Å². The molecule has 1 aromatic carbocycles. The number of benzene rings is 1. The van der Waals surface area contributed by atoms with Gasteiger partial charge in [0.15, 0.2) is 0 Å². The third-order valence-corrected chi connectivity index (χ3v) is 2.49. The lowest BCUT2D eigenvalue weighted by atomic mass is 10.1. The molecule has 0 saturated carbocycles. The molecule has 1 rings (SSSR count). The van der Waals surface area contributed by atoms with Crippen molar-refractivity contribution in [1.82, 2.24) is 5.32 Å². The van der Waals surface area contributed by atoms with Crippen molar-refractivity contribution in [2.45, 2.75) is 20.3 Å². The molecular formula is C15H19NO. The van der Waals surface area contributed by atoms with Crippen molar-refractivity contribution in [1.29, 1.82) is 0 Å². The maximum Gasteiger partial charge on any atom is 0.244 e. The Morgan fingerprint density at radius 1 is 1.41 bits per heavy atom. The first-order chi connectivity index (χ1) is 8.13. The van der Waals surface area contributed by atoms with E-state index in [1.54, 1.807) is 12.2 Å². The minimum Gasteiger partial charge on any atom is -0.352 e. The van der Waals surface area contributed by atoms with Gasteiger partial charge < -0.3 is 5.32 Å². The summed E-state index contributed by atoms with van der Waals surface area (Å²) in [4.78, 5) is 11.4. The molecular weight excluding hydrogens is 210 g/mol. The van der Waals surface area contributed by atoms with Crippen LogP contribution in [-0.2, 0) is 4.79 Å². The highest BCUT2D eigenvalue weighted by Crippen LogP contribution is 2.11. The maximum absolute atomic E-state index is 11.4. The van der Waals surface area contributed by atoms with Gasteiger partial charge in [-0.15, -0.1) is 6.58 Å². The zero-order valence-corrected chi connectivity index (χ0v) is 10.5. The summed E-state index contributed by atoms with van der Waals surface area (Å²) in [6.45, 7) is 8.34. The molecule has 0 aliphatic rings. The van der Waals surface area contributed by atoms with Gasteiger partial charge in [-0.1, -0.05) is 29.8 Å². The molecule has 2 nitrogen and oxygen atoms in total. The Morgan fingerprint density at radius 3 is 2.82 bits per heavy atom.